The second-order valence-corrected chi connectivity index (χ2v) is 9.72. The molecule has 1 unspecified atom stereocenters. The fourth-order valence-electron chi connectivity index (χ4n) is 3.78. The van der Waals surface area contributed by atoms with E-state index >= 15 is 0 Å². The number of ketones is 1. The van der Waals surface area contributed by atoms with Gasteiger partial charge in [-0.2, -0.15) is 0 Å². The SMILES string of the molecule is CCOC(=O)c1sc(N2C(=O)C(O)=C(C(=O)c3sc(C)nc3C)C2c2cccc(O)c2)nc1C. The van der Waals surface area contributed by atoms with Crippen LogP contribution in [0, 0.1) is 20.8 Å². The predicted octanol–water partition coefficient (Wildman–Crippen LogP) is 4.19. The van der Waals surface area contributed by atoms with Crippen molar-refractivity contribution >= 4 is 45.5 Å². The highest BCUT2D eigenvalue weighted by molar-refractivity contribution is 7.17. The van der Waals surface area contributed by atoms with Crippen molar-refractivity contribution in [3.05, 3.63) is 67.3 Å². The first-order valence-corrected chi connectivity index (χ1v) is 12.0. The summed E-state index contributed by atoms with van der Waals surface area (Å²) in [6.07, 6.45) is 0. The van der Waals surface area contributed by atoms with Gasteiger partial charge in [0.2, 0.25) is 5.78 Å². The van der Waals surface area contributed by atoms with E-state index in [-0.39, 0.29) is 27.9 Å². The number of carbonyl (C=O) groups excluding carboxylic acids is 3. The summed E-state index contributed by atoms with van der Waals surface area (Å²) in [7, 11) is 0. The minimum atomic E-state index is -1.07. The fourth-order valence-corrected chi connectivity index (χ4v) is 5.64. The Kier molecular flexibility index (Phi) is 6.24. The molecule has 176 valence electrons. The van der Waals surface area contributed by atoms with Gasteiger partial charge < -0.3 is 14.9 Å². The number of aliphatic hydroxyl groups excluding tert-OH is 1. The number of rotatable bonds is 6. The van der Waals surface area contributed by atoms with Crippen LogP contribution in [-0.4, -0.2) is 44.4 Å². The van der Waals surface area contributed by atoms with E-state index in [0.717, 1.165) is 11.3 Å². The molecule has 3 heterocycles. The molecule has 0 bridgehead atoms. The summed E-state index contributed by atoms with van der Waals surface area (Å²) in [5, 5.41) is 21.7. The minimum absolute atomic E-state index is 0.0737. The molecule has 2 N–H and O–H groups in total. The van der Waals surface area contributed by atoms with Gasteiger partial charge in [0.25, 0.3) is 5.91 Å². The number of nitrogens with zero attached hydrogens (tertiary/aromatic N) is 3. The van der Waals surface area contributed by atoms with E-state index in [1.54, 1.807) is 39.8 Å². The van der Waals surface area contributed by atoms with Crippen LogP contribution >= 0.6 is 22.7 Å². The van der Waals surface area contributed by atoms with Gasteiger partial charge in [-0.15, -0.1) is 11.3 Å². The lowest BCUT2D eigenvalue weighted by molar-refractivity contribution is -0.117. The van der Waals surface area contributed by atoms with Crippen molar-refractivity contribution in [1.29, 1.82) is 0 Å². The fraction of sp³-hybridized carbons (Fsp3) is 0.261. The normalized spacial score (nSPS) is 15.8. The molecule has 2 aromatic heterocycles. The molecule has 4 rings (SSSR count). The maximum Gasteiger partial charge on any atom is 0.350 e. The summed E-state index contributed by atoms with van der Waals surface area (Å²) in [5.74, 6) is -2.73. The molecule has 0 spiro atoms. The van der Waals surface area contributed by atoms with Crippen molar-refractivity contribution in [2.24, 2.45) is 0 Å². The Labute approximate surface area is 203 Å². The number of thiazole rings is 2. The van der Waals surface area contributed by atoms with E-state index in [0.29, 0.717) is 26.8 Å². The van der Waals surface area contributed by atoms with Crippen LogP contribution in [0.5, 0.6) is 5.75 Å². The van der Waals surface area contributed by atoms with Crippen molar-refractivity contribution in [3.8, 4) is 5.75 Å². The highest BCUT2D eigenvalue weighted by Gasteiger charge is 2.47. The van der Waals surface area contributed by atoms with Crippen LogP contribution in [0.25, 0.3) is 0 Å². The smallest absolute Gasteiger partial charge is 0.350 e. The number of carbonyl (C=O) groups is 3. The predicted molar refractivity (Wildman–Crippen MR) is 127 cm³/mol. The number of ether oxygens (including phenoxy) is 1. The third-order valence-corrected chi connectivity index (χ3v) is 7.41. The number of aliphatic hydroxyl groups is 1. The first-order valence-electron chi connectivity index (χ1n) is 10.3. The summed E-state index contributed by atoms with van der Waals surface area (Å²) in [6.45, 7) is 6.91. The lowest BCUT2D eigenvalue weighted by atomic mass is 9.95. The van der Waals surface area contributed by atoms with Gasteiger partial charge >= 0.3 is 5.97 Å². The third-order valence-electron chi connectivity index (χ3n) is 5.20. The van der Waals surface area contributed by atoms with E-state index in [1.807, 2.05) is 0 Å². The van der Waals surface area contributed by atoms with Gasteiger partial charge in [-0.1, -0.05) is 23.5 Å². The molecule has 0 fully saturated rings. The molecule has 0 saturated heterocycles. The molecule has 0 aliphatic carbocycles. The molecule has 1 aromatic carbocycles. The lowest BCUT2D eigenvalue weighted by Gasteiger charge is -2.24. The van der Waals surface area contributed by atoms with Crippen molar-refractivity contribution in [3.63, 3.8) is 0 Å². The number of aromatic hydroxyl groups is 1. The highest BCUT2D eigenvalue weighted by Crippen LogP contribution is 2.44. The van der Waals surface area contributed by atoms with E-state index in [4.69, 9.17) is 4.74 Å². The number of aromatic nitrogens is 2. The maximum absolute atomic E-state index is 13.6. The zero-order chi connectivity index (χ0) is 24.7. The van der Waals surface area contributed by atoms with Gasteiger partial charge in [0, 0.05) is 0 Å². The Morgan fingerprint density at radius 1 is 1.09 bits per heavy atom. The second-order valence-electron chi connectivity index (χ2n) is 7.54. The quantitative estimate of drug-likeness (QED) is 0.381. The standard InChI is InChI=1S/C23H21N3O6S2/c1-5-32-22(31)20-11(3)25-23(34-20)26-16(13-7-6-8-14(27)9-13)15(18(29)21(26)30)17(28)19-10(2)24-12(4)33-19/h6-9,16,27,29H,5H2,1-4H3. The van der Waals surface area contributed by atoms with Crippen molar-refractivity contribution < 1.29 is 29.3 Å². The third kappa shape index (κ3) is 3.97. The number of anilines is 1. The molecule has 0 saturated carbocycles. The number of phenols is 1. The Balaban J connectivity index is 1.87. The topological polar surface area (TPSA) is 130 Å². The summed E-state index contributed by atoms with van der Waals surface area (Å²) in [4.78, 5) is 49.5. The monoisotopic (exact) mass is 499 g/mol. The summed E-state index contributed by atoms with van der Waals surface area (Å²) >= 11 is 2.09. The molecule has 3 aromatic rings. The summed E-state index contributed by atoms with van der Waals surface area (Å²) in [5.41, 5.74) is 1.09. The number of benzene rings is 1. The van der Waals surface area contributed by atoms with Gasteiger partial charge in [-0.25, -0.2) is 14.8 Å². The Hall–Kier alpha value is -3.57. The molecule has 1 aliphatic rings. The van der Waals surface area contributed by atoms with E-state index in [9.17, 15) is 24.6 Å². The summed E-state index contributed by atoms with van der Waals surface area (Å²) in [6, 6.07) is 5.00. The van der Waals surface area contributed by atoms with Gasteiger partial charge in [0.15, 0.2) is 10.9 Å². The number of hydrogen-bond acceptors (Lipinski definition) is 10. The largest absolute Gasteiger partial charge is 0.508 e. The average Bonchev–Trinajstić information content (AvgIpc) is 3.41. The second kappa shape index (κ2) is 8.99. The Morgan fingerprint density at radius 3 is 2.41 bits per heavy atom. The maximum atomic E-state index is 13.6. The minimum Gasteiger partial charge on any atom is -0.508 e. The molecule has 11 heteroatoms. The molecule has 34 heavy (non-hydrogen) atoms. The Morgan fingerprint density at radius 2 is 1.79 bits per heavy atom. The van der Waals surface area contributed by atoms with Crippen LogP contribution in [-0.2, 0) is 9.53 Å². The van der Waals surface area contributed by atoms with Gasteiger partial charge in [0.05, 0.1) is 39.5 Å². The van der Waals surface area contributed by atoms with Crippen LogP contribution in [0.4, 0.5) is 5.13 Å². The zero-order valence-corrected chi connectivity index (χ0v) is 20.4. The molecule has 1 amide bonds. The van der Waals surface area contributed by atoms with E-state index < -0.39 is 29.5 Å². The molecular weight excluding hydrogens is 478 g/mol. The zero-order valence-electron chi connectivity index (χ0n) is 18.8. The lowest BCUT2D eigenvalue weighted by Crippen LogP contribution is -2.31. The van der Waals surface area contributed by atoms with Crippen LogP contribution in [0.1, 0.15) is 54.3 Å². The molecule has 0 radical (unpaired) electrons. The van der Waals surface area contributed by atoms with Crippen LogP contribution in [0.15, 0.2) is 35.6 Å². The summed E-state index contributed by atoms with van der Waals surface area (Å²) < 4.78 is 5.07. The Bertz CT molecular complexity index is 1360. The molecule has 1 atom stereocenters. The van der Waals surface area contributed by atoms with Crippen LogP contribution in [0.2, 0.25) is 0 Å². The average molecular weight is 500 g/mol. The van der Waals surface area contributed by atoms with Gasteiger partial charge in [-0.3, -0.25) is 14.5 Å². The van der Waals surface area contributed by atoms with E-state index in [1.165, 1.54) is 28.4 Å². The van der Waals surface area contributed by atoms with Crippen LogP contribution < -0.4 is 4.90 Å². The van der Waals surface area contributed by atoms with Crippen molar-refractivity contribution in [2.75, 3.05) is 11.5 Å². The van der Waals surface area contributed by atoms with Crippen molar-refractivity contribution in [2.45, 2.75) is 33.7 Å². The first kappa shape index (κ1) is 23.6. The number of esters is 1. The molecule has 9 nitrogen and oxygen atoms in total. The molecular formula is C23H21N3O6S2. The van der Waals surface area contributed by atoms with Gasteiger partial charge in [0.1, 0.15) is 10.6 Å². The number of hydrogen-bond donors (Lipinski definition) is 2. The number of amides is 1. The van der Waals surface area contributed by atoms with Crippen molar-refractivity contribution in [1.82, 2.24) is 9.97 Å². The van der Waals surface area contributed by atoms with Gasteiger partial charge in [-0.05, 0) is 45.4 Å². The van der Waals surface area contributed by atoms with Crippen LogP contribution in [0.3, 0.4) is 0 Å². The number of phenolic OH excluding ortho intramolecular Hbond substituents is 1. The number of aryl methyl sites for hydroxylation is 3. The molecule has 1 aliphatic heterocycles. The number of Topliss-reactive ketones (excluding diaryl/α,β-unsaturated/α-hetero) is 1. The highest BCUT2D eigenvalue weighted by atomic mass is 32.1. The van der Waals surface area contributed by atoms with E-state index in [2.05, 4.69) is 9.97 Å². The first-order chi connectivity index (χ1) is 16.1.